The molecule has 0 heterocycles. The molecule has 3 rings (SSSR count). The zero-order valence-electron chi connectivity index (χ0n) is 24.3. The van der Waals surface area contributed by atoms with Crippen LogP contribution >= 0.6 is 0 Å². The minimum Gasteiger partial charge on any atom is -0.494 e. The van der Waals surface area contributed by atoms with Gasteiger partial charge in [-0.25, -0.2) is 4.39 Å². The molecule has 0 saturated carbocycles. The van der Waals surface area contributed by atoms with Gasteiger partial charge in [0.15, 0.2) is 11.5 Å². The molecule has 3 aromatic carbocycles. The van der Waals surface area contributed by atoms with Gasteiger partial charge in [-0.15, -0.1) is 0 Å². The highest BCUT2D eigenvalue weighted by Gasteiger charge is 2.73. The van der Waals surface area contributed by atoms with Gasteiger partial charge in [0.05, 0.1) is 30.0 Å². The first-order chi connectivity index (χ1) is 20.6. The number of carbonyl (C=O) groups is 2. The number of carbonyl (C=O) groups excluding carboxylic acids is 2. The second-order valence-corrected chi connectivity index (χ2v) is 9.83. The van der Waals surface area contributed by atoms with Crippen LogP contribution in [-0.2, 0) is 24.9 Å². The molecule has 234 valence electrons. The number of ether oxygens (including phenoxy) is 1. The second kappa shape index (κ2) is 13.1. The molecule has 0 fully saturated rings. The fraction of sp³-hybridized carbons (Fsp3) is 0.344. The molecule has 0 aliphatic heterocycles. The number of anilines is 1. The van der Waals surface area contributed by atoms with E-state index >= 15 is 0 Å². The lowest BCUT2D eigenvalue weighted by molar-refractivity contribution is -0.348. The lowest BCUT2D eigenvalue weighted by Gasteiger charge is -2.31. The zero-order chi connectivity index (χ0) is 33.0. The van der Waals surface area contributed by atoms with Gasteiger partial charge in [0, 0.05) is 24.1 Å². The molecule has 0 saturated heterocycles. The average molecular weight is 623 g/mol. The Morgan fingerprint density at radius 1 is 0.864 bits per heavy atom. The first-order valence-corrected chi connectivity index (χ1v) is 13.6. The van der Waals surface area contributed by atoms with Crippen molar-refractivity contribution >= 4 is 17.4 Å². The van der Waals surface area contributed by atoms with E-state index in [1.54, 1.807) is 13.0 Å². The van der Waals surface area contributed by atoms with E-state index in [2.05, 4.69) is 0 Å². The Labute approximate surface area is 249 Å². The Balaban J connectivity index is 2.09. The largest absolute Gasteiger partial charge is 0.494 e. The summed E-state index contributed by atoms with van der Waals surface area (Å²) in [6.45, 7) is 4.81. The molecule has 0 atom stereocenters. The Morgan fingerprint density at radius 3 is 1.84 bits per heavy atom. The monoisotopic (exact) mass is 622 g/mol. The number of rotatable bonds is 10. The van der Waals surface area contributed by atoms with Crippen LogP contribution in [0.3, 0.4) is 0 Å². The highest BCUT2D eigenvalue weighted by Crippen LogP contribution is 2.53. The molecule has 0 bridgehead atoms. The van der Waals surface area contributed by atoms with Crippen molar-refractivity contribution in [2.24, 2.45) is 0 Å². The first kappa shape index (κ1) is 34.1. The molecule has 44 heavy (non-hydrogen) atoms. The van der Waals surface area contributed by atoms with E-state index in [9.17, 15) is 40.3 Å². The van der Waals surface area contributed by atoms with Crippen LogP contribution in [0.5, 0.6) is 5.75 Å². The number of nitriles is 1. The summed E-state index contributed by atoms with van der Waals surface area (Å²) >= 11 is 0. The molecule has 12 heteroatoms. The van der Waals surface area contributed by atoms with E-state index in [0.29, 0.717) is 17.7 Å². The van der Waals surface area contributed by atoms with Crippen LogP contribution in [0, 0.1) is 11.3 Å². The Kier molecular flexibility index (Phi) is 10.1. The number of hydrogen-bond acceptors (Lipinski definition) is 4. The number of para-hydroxylation sites is 1. The number of ketones is 1. The van der Waals surface area contributed by atoms with Crippen molar-refractivity contribution in [1.82, 2.24) is 0 Å². The van der Waals surface area contributed by atoms with Gasteiger partial charge >= 0.3 is 18.0 Å². The maximum Gasteiger partial charge on any atom is 0.435 e. The highest BCUT2D eigenvalue weighted by molar-refractivity contribution is 6.09. The van der Waals surface area contributed by atoms with Crippen molar-refractivity contribution in [3.05, 3.63) is 93.5 Å². The number of hydrogen-bond donors (Lipinski definition) is 0. The minimum atomic E-state index is -6.27. The van der Waals surface area contributed by atoms with Crippen LogP contribution in [-0.4, -0.2) is 37.7 Å². The summed E-state index contributed by atoms with van der Waals surface area (Å²) in [5.41, 5.74) is -6.19. The number of halogens is 7. The lowest BCUT2D eigenvalue weighted by Crippen LogP contribution is -2.50. The molecule has 0 unspecified atom stereocenters. The van der Waals surface area contributed by atoms with Crippen molar-refractivity contribution in [2.75, 3.05) is 18.6 Å². The van der Waals surface area contributed by atoms with Crippen molar-refractivity contribution in [2.45, 2.75) is 58.1 Å². The van der Waals surface area contributed by atoms with Gasteiger partial charge in [-0.3, -0.25) is 9.59 Å². The molecular formula is C32H29F7N2O3. The second-order valence-electron chi connectivity index (χ2n) is 9.83. The van der Waals surface area contributed by atoms with Gasteiger partial charge < -0.3 is 9.64 Å². The predicted octanol–water partition coefficient (Wildman–Crippen LogP) is 8.07. The fourth-order valence-corrected chi connectivity index (χ4v) is 5.04. The summed E-state index contributed by atoms with van der Waals surface area (Å²) < 4.78 is 101. The molecule has 3 aromatic rings. The number of methoxy groups -OCH3 is 1. The van der Waals surface area contributed by atoms with Crippen LogP contribution in [0.15, 0.2) is 54.6 Å². The predicted molar refractivity (Wildman–Crippen MR) is 150 cm³/mol. The van der Waals surface area contributed by atoms with E-state index in [1.165, 1.54) is 62.3 Å². The smallest absolute Gasteiger partial charge is 0.435 e. The summed E-state index contributed by atoms with van der Waals surface area (Å²) in [6, 6.07) is 13.4. The first-order valence-electron chi connectivity index (χ1n) is 13.6. The third-order valence-corrected chi connectivity index (χ3v) is 7.32. The summed E-state index contributed by atoms with van der Waals surface area (Å²) in [4.78, 5) is 28.4. The number of amides is 1. The number of alkyl halides is 7. The van der Waals surface area contributed by atoms with E-state index in [0.717, 1.165) is 0 Å². The van der Waals surface area contributed by atoms with Crippen molar-refractivity contribution < 1.29 is 45.1 Å². The Bertz CT molecular complexity index is 1530. The molecule has 0 spiro atoms. The van der Waals surface area contributed by atoms with Crippen LogP contribution in [0.25, 0.3) is 0 Å². The molecule has 1 amide bonds. The van der Waals surface area contributed by atoms with Gasteiger partial charge in [-0.1, -0.05) is 32.0 Å². The Morgan fingerprint density at radius 2 is 1.41 bits per heavy atom. The maximum absolute atomic E-state index is 14.9. The van der Waals surface area contributed by atoms with E-state index in [4.69, 9.17) is 10.00 Å². The third kappa shape index (κ3) is 6.27. The van der Waals surface area contributed by atoms with Crippen molar-refractivity contribution in [3.63, 3.8) is 0 Å². The summed E-state index contributed by atoms with van der Waals surface area (Å²) in [7, 11) is 1.29. The zero-order valence-corrected chi connectivity index (χ0v) is 24.3. The SMILES string of the molecule is CCc1cc(C(F)(C(F)(F)F)C(F)(F)F)cc(CC)c1CC(=O)c1cccc(N(CC)C(=O)c2ccc(C#N)cc2)c1OC. The van der Waals surface area contributed by atoms with Gasteiger partial charge in [-0.05, 0) is 72.9 Å². The number of aryl methyl sites for hydroxylation is 2. The normalized spacial score (nSPS) is 12.0. The van der Waals surface area contributed by atoms with Gasteiger partial charge in [0.1, 0.15) is 0 Å². The van der Waals surface area contributed by atoms with Gasteiger partial charge in [0.25, 0.3) is 5.91 Å². The van der Waals surface area contributed by atoms with Crippen molar-refractivity contribution in [3.8, 4) is 11.8 Å². The summed E-state index contributed by atoms with van der Waals surface area (Å²) in [5.74, 6) is -0.993. The van der Waals surface area contributed by atoms with E-state index in [-0.39, 0.29) is 58.6 Å². The molecule has 0 radical (unpaired) electrons. The Hall–Kier alpha value is -4.40. The molecule has 0 aliphatic carbocycles. The number of nitrogens with zero attached hydrogens (tertiary/aromatic N) is 2. The van der Waals surface area contributed by atoms with E-state index in [1.807, 2.05) is 6.07 Å². The van der Waals surface area contributed by atoms with Crippen LogP contribution < -0.4 is 9.64 Å². The maximum atomic E-state index is 14.9. The molecule has 0 aromatic heterocycles. The fourth-order valence-electron chi connectivity index (χ4n) is 5.04. The van der Waals surface area contributed by atoms with E-state index < -0.39 is 41.7 Å². The summed E-state index contributed by atoms with van der Waals surface area (Å²) in [5, 5.41) is 9.04. The molecular weight excluding hydrogens is 593 g/mol. The number of Topliss-reactive ketones (excluding diaryl/α,β-unsaturated/α-hetero) is 1. The highest BCUT2D eigenvalue weighted by atomic mass is 19.4. The molecule has 0 N–H and O–H groups in total. The molecule has 5 nitrogen and oxygen atoms in total. The van der Waals surface area contributed by atoms with Crippen molar-refractivity contribution in [1.29, 1.82) is 5.26 Å². The standard InChI is InChI=1S/C32H29F7N2O3/c1-5-20-15-23(30(33,31(34,35)36)32(37,38)39)16-21(6-2)25(20)17-27(42)24-9-8-10-26(28(24)44-4)41(7-3)29(43)22-13-11-19(18-40)12-14-22/h8-16H,5-7,17H2,1-4H3. The topological polar surface area (TPSA) is 70.4 Å². The quantitative estimate of drug-likeness (QED) is 0.169. The average Bonchev–Trinajstić information content (AvgIpc) is 2.99. The summed E-state index contributed by atoms with van der Waals surface area (Å²) in [6.07, 6.45) is -13.1. The van der Waals surface area contributed by atoms with Gasteiger partial charge in [0.2, 0.25) is 0 Å². The number of benzene rings is 3. The van der Waals surface area contributed by atoms with Crippen LogP contribution in [0.2, 0.25) is 0 Å². The third-order valence-electron chi connectivity index (χ3n) is 7.32. The molecule has 0 aliphatic rings. The van der Waals surface area contributed by atoms with Crippen LogP contribution in [0.4, 0.5) is 36.4 Å². The lowest BCUT2D eigenvalue weighted by atomic mass is 9.84. The van der Waals surface area contributed by atoms with Crippen LogP contribution in [0.1, 0.15) is 69.3 Å². The van der Waals surface area contributed by atoms with Gasteiger partial charge in [-0.2, -0.15) is 31.6 Å². The minimum absolute atomic E-state index is 0.0229.